The SMILES string of the molecule is Cc1cc(C(F)(F)F)ccc1-n1c2cc(-c3cccc(-n4c5ccccc5c5ccccc54)c3)ccc2c2ccc(-c3cccc(-n4c5ccccc5c5ccccc54)c3)cc21. The molecule has 0 fully saturated rings. The summed E-state index contributed by atoms with van der Waals surface area (Å²) in [4.78, 5) is 0. The summed E-state index contributed by atoms with van der Waals surface area (Å²) in [6.45, 7) is 1.76. The topological polar surface area (TPSA) is 14.8 Å². The minimum absolute atomic E-state index is 0.538. The zero-order valence-corrected chi connectivity index (χ0v) is 33.5. The van der Waals surface area contributed by atoms with E-state index in [2.05, 4.69) is 196 Å². The summed E-state index contributed by atoms with van der Waals surface area (Å²) >= 11 is 0. The van der Waals surface area contributed by atoms with E-state index >= 15 is 0 Å². The Morgan fingerprint density at radius 2 is 0.710 bits per heavy atom. The summed E-state index contributed by atoms with van der Waals surface area (Å²) in [5.41, 5.74) is 13.1. The van der Waals surface area contributed by atoms with Crippen LogP contribution in [-0.4, -0.2) is 13.7 Å². The Kier molecular flexibility index (Phi) is 7.91. The minimum Gasteiger partial charge on any atom is -0.309 e. The second-order valence-electron chi connectivity index (χ2n) is 16.1. The fraction of sp³-hybridized carbons (Fsp3) is 0.0357. The fourth-order valence-corrected chi connectivity index (χ4v) is 9.77. The maximum Gasteiger partial charge on any atom is 0.416 e. The number of rotatable bonds is 5. The summed E-state index contributed by atoms with van der Waals surface area (Å²) in [7, 11) is 0. The number of aromatic nitrogens is 3. The van der Waals surface area contributed by atoms with E-state index in [4.69, 9.17) is 0 Å². The molecule has 0 spiro atoms. The van der Waals surface area contributed by atoms with Crippen molar-refractivity contribution >= 4 is 65.4 Å². The molecule has 0 atom stereocenters. The van der Waals surface area contributed by atoms with Crippen molar-refractivity contribution in [3.8, 4) is 39.3 Å². The molecule has 0 bridgehead atoms. The van der Waals surface area contributed by atoms with Crippen molar-refractivity contribution in [1.82, 2.24) is 13.7 Å². The van der Waals surface area contributed by atoms with E-state index in [-0.39, 0.29) is 0 Å². The van der Waals surface area contributed by atoms with E-state index in [9.17, 15) is 13.2 Å². The van der Waals surface area contributed by atoms with Crippen LogP contribution in [0.5, 0.6) is 0 Å². The first-order valence-corrected chi connectivity index (χ1v) is 20.7. The molecule has 0 radical (unpaired) electrons. The van der Waals surface area contributed by atoms with Crippen LogP contribution in [0, 0.1) is 6.92 Å². The standard InChI is InChI=1S/C56H36F3N3/c1-35-30-40(56(57,58)59)26-29-49(35)62-54-33-38(36-12-10-14-41(31-36)60-50-20-6-2-16-43(50)44-17-3-7-21-51(44)60)24-27-47(54)48-28-25-39(34-55(48)62)37-13-11-15-42(32-37)61-52-22-8-4-18-45(52)46-19-5-9-23-53(46)61/h2-34H,1H3. The Bertz CT molecular complexity index is 3450. The average molecular weight is 808 g/mol. The first-order valence-electron chi connectivity index (χ1n) is 20.7. The van der Waals surface area contributed by atoms with Crippen LogP contribution in [0.2, 0.25) is 0 Å². The summed E-state index contributed by atoms with van der Waals surface area (Å²) in [5.74, 6) is 0. The van der Waals surface area contributed by atoms with Crippen LogP contribution in [0.15, 0.2) is 200 Å². The Labute approximate surface area is 354 Å². The molecule has 3 nitrogen and oxygen atoms in total. The molecule has 0 unspecified atom stereocenters. The molecule has 0 N–H and O–H groups in total. The fourth-order valence-electron chi connectivity index (χ4n) is 9.77. The summed E-state index contributed by atoms with van der Waals surface area (Å²) < 4.78 is 48.9. The van der Waals surface area contributed by atoms with E-state index in [1.165, 1.54) is 33.7 Å². The number of alkyl halides is 3. The zero-order chi connectivity index (χ0) is 41.7. The number of aryl methyl sites for hydroxylation is 1. The molecule has 12 rings (SSSR count). The molecule has 0 aliphatic rings. The van der Waals surface area contributed by atoms with Gasteiger partial charge in [-0.3, -0.25) is 0 Å². The molecular weight excluding hydrogens is 772 g/mol. The first-order chi connectivity index (χ1) is 30.3. The maximum atomic E-state index is 14.0. The van der Waals surface area contributed by atoms with Crippen LogP contribution in [0.1, 0.15) is 11.1 Å². The predicted molar refractivity (Wildman–Crippen MR) is 250 cm³/mol. The molecule has 0 aliphatic heterocycles. The molecule has 0 saturated heterocycles. The van der Waals surface area contributed by atoms with E-state index in [1.807, 2.05) is 0 Å². The van der Waals surface area contributed by atoms with Crippen LogP contribution in [0.3, 0.4) is 0 Å². The molecule has 0 aliphatic carbocycles. The third-order valence-electron chi connectivity index (χ3n) is 12.6. The Balaban J connectivity index is 1.04. The normalized spacial score (nSPS) is 12.2. The highest BCUT2D eigenvalue weighted by atomic mass is 19.4. The average Bonchev–Trinajstić information content (AvgIpc) is 3.94. The monoisotopic (exact) mass is 807 g/mol. The Hall–Kier alpha value is -7.83. The Morgan fingerprint density at radius 3 is 1.11 bits per heavy atom. The van der Waals surface area contributed by atoms with Crippen molar-refractivity contribution in [2.24, 2.45) is 0 Å². The third-order valence-corrected chi connectivity index (χ3v) is 12.6. The van der Waals surface area contributed by atoms with E-state index in [1.54, 1.807) is 13.0 Å². The highest BCUT2D eigenvalue weighted by Crippen LogP contribution is 2.41. The largest absolute Gasteiger partial charge is 0.416 e. The molecule has 0 saturated carbocycles. The van der Waals surface area contributed by atoms with Gasteiger partial charge < -0.3 is 13.7 Å². The maximum absolute atomic E-state index is 14.0. The molecule has 0 amide bonds. The first kappa shape index (κ1) is 36.1. The predicted octanol–water partition coefficient (Wildman–Crippen LogP) is 15.6. The van der Waals surface area contributed by atoms with Crippen molar-refractivity contribution in [1.29, 1.82) is 0 Å². The second kappa shape index (κ2) is 13.6. The van der Waals surface area contributed by atoms with Gasteiger partial charge >= 0.3 is 6.18 Å². The minimum atomic E-state index is -4.45. The zero-order valence-electron chi connectivity index (χ0n) is 33.5. The molecule has 3 heterocycles. The highest BCUT2D eigenvalue weighted by molar-refractivity contribution is 6.12. The van der Waals surface area contributed by atoms with Gasteiger partial charge in [0.25, 0.3) is 0 Å². The van der Waals surface area contributed by atoms with Crippen molar-refractivity contribution in [2.45, 2.75) is 13.1 Å². The van der Waals surface area contributed by atoms with Gasteiger partial charge in [-0.15, -0.1) is 0 Å². The van der Waals surface area contributed by atoms with Gasteiger partial charge in [0.15, 0.2) is 0 Å². The lowest BCUT2D eigenvalue weighted by atomic mass is 10.0. The van der Waals surface area contributed by atoms with E-state index in [0.29, 0.717) is 11.3 Å². The Morgan fingerprint density at radius 1 is 0.323 bits per heavy atom. The number of fused-ring (bicyclic) bond motifs is 9. The molecule has 9 aromatic carbocycles. The van der Waals surface area contributed by atoms with Gasteiger partial charge in [0, 0.05) is 49.4 Å². The number of para-hydroxylation sites is 4. The number of nitrogens with zero attached hydrogens (tertiary/aromatic N) is 3. The molecular formula is C56H36F3N3. The molecule has 3 aromatic heterocycles. The lowest BCUT2D eigenvalue weighted by Crippen LogP contribution is -2.06. The number of hydrogen-bond acceptors (Lipinski definition) is 0. The lowest BCUT2D eigenvalue weighted by Gasteiger charge is -2.15. The molecule has 12 aromatic rings. The van der Waals surface area contributed by atoms with Crippen LogP contribution in [-0.2, 0) is 6.18 Å². The lowest BCUT2D eigenvalue weighted by molar-refractivity contribution is -0.137. The molecule has 62 heavy (non-hydrogen) atoms. The van der Waals surface area contributed by atoms with Crippen molar-refractivity contribution in [3.63, 3.8) is 0 Å². The van der Waals surface area contributed by atoms with E-state index in [0.717, 1.165) is 77.5 Å². The van der Waals surface area contributed by atoms with Crippen LogP contribution >= 0.6 is 0 Å². The summed E-state index contributed by atoms with van der Waals surface area (Å²) in [6.07, 6.45) is -4.45. The van der Waals surface area contributed by atoms with Crippen LogP contribution in [0.25, 0.3) is 105 Å². The van der Waals surface area contributed by atoms with Crippen LogP contribution < -0.4 is 0 Å². The van der Waals surface area contributed by atoms with Crippen molar-refractivity contribution < 1.29 is 13.2 Å². The second-order valence-corrected chi connectivity index (χ2v) is 16.1. The summed E-state index contributed by atoms with van der Waals surface area (Å²) in [5, 5.41) is 6.83. The number of halogens is 3. The van der Waals surface area contributed by atoms with Gasteiger partial charge in [-0.05, 0) is 114 Å². The van der Waals surface area contributed by atoms with Gasteiger partial charge in [-0.2, -0.15) is 13.2 Å². The van der Waals surface area contributed by atoms with Gasteiger partial charge in [0.05, 0.1) is 38.7 Å². The van der Waals surface area contributed by atoms with Crippen molar-refractivity contribution in [2.75, 3.05) is 0 Å². The van der Waals surface area contributed by atoms with E-state index < -0.39 is 11.7 Å². The highest BCUT2D eigenvalue weighted by Gasteiger charge is 2.31. The van der Waals surface area contributed by atoms with Crippen LogP contribution in [0.4, 0.5) is 13.2 Å². The summed E-state index contributed by atoms with van der Waals surface area (Å²) in [6, 6.07) is 68.1. The third kappa shape index (κ3) is 5.53. The number of hydrogen-bond donors (Lipinski definition) is 0. The van der Waals surface area contributed by atoms with Gasteiger partial charge in [0.1, 0.15) is 0 Å². The number of benzene rings is 9. The smallest absolute Gasteiger partial charge is 0.309 e. The molecule has 6 heteroatoms. The molecule has 296 valence electrons. The van der Waals surface area contributed by atoms with Gasteiger partial charge in [-0.1, -0.05) is 121 Å². The van der Waals surface area contributed by atoms with Crippen molar-refractivity contribution in [3.05, 3.63) is 211 Å². The van der Waals surface area contributed by atoms with Gasteiger partial charge in [0.2, 0.25) is 0 Å². The van der Waals surface area contributed by atoms with Gasteiger partial charge in [-0.25, -0.2) is 0 Å². The quantitative estimate of drug-likeness (QED) is 0.165.